The van der Waals surface area contributed by atoms with Crippen molar-refractivity contribution in [2.45, 2.75) is 0 Å². The van der Waals surface area contributed by atoms with Crippen molar-refractivity contribution >= 4 is 12.1 Å². The van der Waals surface area contributed by atoms with Crippen molar-refractivity contribution < 1.29 is 24.2 Å². The van der Waals surface area contributed by atoms with Gasteiger partial charge < -0.3 is 25.2 Å². The van der Waals surface area contributed by atoms with Crippen molar-refractivity contribution in [3.63, 3.8) is 0 Å². The van der Waals surface area contributed by atoms with E-state index in [4.69, 9.17) is 14.6 Å². The van der Waals surface area contributed by atoms with E-state index in [1.54, 1.807) is 6.20 Å². The largest absolute Gasteiger partial charge is 0.465 e. The molecule has 1 heterocycles. The zero-order valence-electron chi connectivity index (χ0n) is 10.9. The number of carbonyl (C=O) groups excluding carboxylic acids is 1. The van der Waals surface area contributed by atoms with E-state index in [0.29, 0.717) is 33.0 Å². The van der Waals surface area contributed by atoms with Crippen LogP contribution in [0.3, 0.4) is 0 Å². The number of aromatic nitrogens is 2. The van der Waals surface area contributed by atoms with Crippen LogP contribution in [0.15, 0.2) is 18.7 Å². The molecule has 2 amide bonds. The summed E-state index contributed by atoms with van der Waals surface area (Å²) in [5.41, 5.74) is 0. The topological polar surface area (TPSA) is 115 Å². The van der Waals surface area contributed by atoms with Crippen LogP contribution in [-0.4, -0.2) is 66.3 Å². The first-order valence-corrected chi connectivity index (χ1v) is 6.08. The van der Waals surface area contributed by atoms with Crippen LogP contribution in [0.2, 0.25) is 0 Å². The van der Waals surface area contributed by atoms with Gasteiger partial charge in [0.2, 0.25) is 0 Å². The number of amides is 2. The van der Waals surface area contributed by atoms with Crippen LogP contribution >= 0.6 is 0 Å². The third kappa shape index (κ3) is 7.34. The number of rotatable bonds is 9. The van der Waals surface area contributed by atoms with Gasteiger partial charge >= 0.3 is 12.1 Å². The van der Waals surface area contributed by atoms with Crippen LogP contribution in [0.4, 0.5) is 9.59 Å². The lowest BCUT2D eigenvalue weighted by Crippen LogP contribution is -2.31. The summed E-state index contributed by atoms with van der Waals surface area (Å²) in [6.07, 6.45) is 3.41. The Morgan fingerprint density at radius 2 is 1.75 bits per heavy atom. The number of nitrogens with zero attached hydrogens (tertiary/aromatic N) is 2. The highest BCUT2D eigenvalue weighted by Gasteiger charge is 2.01. The number of hydrogen-bond acceptors (Lipinski definition) is 5. The van der Waals surface area contributed by atoms with Gasteiger partial charge in [-0.25, -0.2) is 14.6 Å². The SMILES string of the molecule is O=C(O)NCCOCCOCCNC(=O)n1ccnc1. The van der Waals surface area contributed by atoms with Crippen LogP contribution in [0.25, 0.3) is 0 Å². The zero-order chi connectivity index (χ0) is 14.6. The first-order valence-electron chi connectivity index (χ1n) is 6.08. The number of hydrogen-bond donors (Lipinski definition) is 3. The third-order valence-corrected chi connectivity index (χ3v) is 2.16. The number of nitrogens with one attached hydrogen (secondary N) is 2. The Labute approximate surface area is 115 Å². The Balaban J connectivity index is 1.85. The van der Waals surface area contributed by atoms with E-state index in [-0.39, 0.29) is 12.6 Å². The summed E-state index contributed by atoms with van der Waals surface area (Å²) in [6, 6.07) is -0.262. The maximum atomic E-state index is 11.4. The van der Waals surface area contributed by atoms with Gasteiger partial charge in [0.1, 0.15) is 6.33 Å². The average molecular weight is 286 g/mol. The maximum absolute atomic E-state index is 11.4. The Morgan fingerprint density at radius 3 is 2.30 bits per heavy atom. The van der Waals surface area contributed by atoms with Gasteiger partial charge in [0, 0.05) is 25.5 Å². The molecule has 0 aromatic carbocycles. The van der Waals surface area contributed by atoms with E-state index in [2.05, 4.69) is 15.6 Å². The van der Waals surface area contributed by atoms with E-state index in [9.17, 15) is 9.59 Å². The molecule has 3 N–H and O–H groups in total. The monoisotopic (exact) mass is 286 g/mol. The molecule has 0 unspecified atom stereocenters. The summed E-state index contributed by atoms with van der Waals surface area (Å²) in [6.45, 7) is 2.06. The minimum absolute atomic E-state index is 0.246. The predicted octanol–water partition coefficient (Wildman–Crippen LogP) is -0.258. The predicted molar refractivity (Wildman–Crippen MR) is 68.7 cm³/mol. The quantitative estimate of drug-likeness (QED) is 0.539. The highest BCUT2D eigenvalue weighted by atomic mass is 16.5. The molecular formula is C11H18N4O5. The molecule has 20 heavy (non-hydrogen) atoms. The van der Waals surface area contributed by atoms with Crippen LogP contribution < -0.4 is 10.6 Å². The fraction of sp³-hybridized carbons (Fsp3) is 0.545. The molecular weight excluding hydrogens is 268 g/mol. The molecule has 0 saturated carbocycles. The van der Waals surface area contributed by atoms with Gasteiger partial charge in [0.15, 0.2) is 0 Å². The first-order chi connectivity index (χ1) is 9.70. The van der Waals surface area contributed by atoms with Gasteiger partial charge in [-0.05, 0) is 0 Å². The molecule has 1 rings (SSSR count). The molecule has 0 aliphatic carbocycles. The number of carboxylic acid groups (broad SMARTS) is 1. The molecule has 0 spiro atoms. The third-order valence-electron chi connectivity index (χ3n) is 2.16. The van der Waals surface area contributed by atoms with Crippen molar-refractivity contribution in [2.24, 2.45) is 0 Å². The second-order valence-electron chi connectivity index (χ2n) is 3.66. The van der Waals surface area contributed by atoms with Crippen LogP contribution in [0, 0.1) is 0 Å². The second-order valence-corrected chi connectivity index (χ2v) is 3.66. The summed E-state index contributed by atoms with van der Waals surface area (Å²) in [5, 5.41) is 13.1. The summed E-state index contributed by atoms with van der Waals surface area (Å²) >= 11 is 0. The Bertz CT molecular complexity index is 396. The highest BCUT2D eigenvalue weighted by Crippen LogP contribution is 1.84. The number of ether oxygens (including phenoxy) is 2. The molecule has 0 atom stereocenters. The van der Waals surface area contributed by atoms with Crippen molar-refractivity contribution in [1.82, 2.24) is 20.2 Å². The van der Waals surface area contributed by atoms with Gasteiger partial charge in [0.25, 0.3) is 0 Å². The van der Waals surface area contributed by atoms with Gasteiger partial charge in [-0.1, -0.05) is 0 Å². The molecule has 1 aromatic rings. The molecule has 0 saturated heterocycles. The molecule has 9 nitrogen and oxygen atoms in total. The summed E-state index contributed by atoms with van der Waals surface area (Å²) in [7, 11) is 0. The van der Waals surface area contributed by atoms with Gasteiger partial charge in [-0.3, -0.25) is 4.57 Å². The highest BCUT2D eigenvalue weighted by molar-refractivity contribution is 5.76. The van der Waals surface area contributed by atoms with Gasteiger partial charge in [0.05, 0.1) is 26.4 Å². The first kappa shape index (κ1) is 15.9. The normalized spacial score (nSPS) is 10.2. The second kappa shape index (κ2) is 9.75. The molecule has 0 bridgehead atoms. The number of carbonyl (C=O) groups is 2. The van der Waals surface area contributed by atoms with E-state index in [1.807, 2.05) is 0 Å². The molecule has 0 fully saturated rings. The van der Waals surface area contributed by atoms with Gasteiger partial charge in [-0.2, -0.15) is 0 Å². The standard InChI is InChI=1S/C11H18N4O5/c16-10(15-4-1-12-9-15)13-2-5-19-7-8-20-6-3-14-11(17)18/h1,4,9,14H,2-3,5-8H2,(H,13,16)(H,17,18). The van der Waals surface area contributed by atoms with E-state index < -0.39 is 6.09 Å². The number of imidazole rings is 1. The Kier molecular flexibility index (Phi) is 7.77. The van der Waals surface area contributed by atoms with Crippen LogP contribution in [-0.2, 0) is 9.47 Å². The Morgan fingerprint density at radius 1 is 1.10 bits per heavy atom. The molecule has 0 aliphatic rings. The minimum atomic E-state index is -1.07. The van der Waals surface area contributed by atoms with Crippen LogP contribution in [0.1, 0.15) is 0 Å². The lowest BCUT2D eigenvalue weighted by atomic mass is 10.6. The molecule has 1 aromatic heterocycles. The lowest BCUT2D eigenvalue weighted by molar-refractivity contribution is 0.0505. The zero-order valence-corrected chi connectivity index (χ0v) is 10.9. The summed E-state index contributed by atoms with van der Waals surface area (Å²) in [4.78, 5) is 25.3. The summed E-state index contributed by atoms with van der Waals surface area (Å²) < 4.78 is 11.7. The lowest BCUT2D eigenvalue weighted by Gasteiger charge is -2.07. The molecule has 0 aliphatic heterocycles. The van der Waals surface area contributed by atoms with Crippen molar-refractivity contribution in [1.29, 1.82) is 0 Å². The van der Waals surface area contributed by atoms with E-state index in [0.717, 1.165) is 0 Å². The maximum Gasteiger partial charge on any atom is 0.404 e. The minimum Gasteiger partial charge on any atom is -0.465 e. The fourth-order valence-electron chi connectivity index (χ4n) is 1.25. The Hall–Kier alpha value is -2.13. The van der Waals surface area contributed by atoms with Crippen molar-refractivity contribution in [3.8, 4) is 0 Å². The molecule has 112 valence electrons. The summed E-state index contributed by atoms with van der Waals surface area (Å²) in [5.74, 6) is 0. The van der Waals surface area contributed by atoms with Gasteiger partial charge in [-0.15, -0.1) is 0 Å². The smallest absolute Gasteiger partial charge is 0.404 e. The van der Waals surface area contributed by atoms with E-state index in [1.165, 1.54) is 17.1 Å². The van der Waals surface area contributed by atoms with E-state index >= 15 is 0 Å². The average Bonchev–Trinajstić information content (AvgIpc) is 2.94. The fourth-order valence-corrected chi connectivity index (χ4v) is 1.25. The molecule has 0 radical (unpaired) electrons. The van der Waals surface area contributed by atoms with Crippen molar-refractivity contribution in [3.05, 3.63) is 18.7 Å². The molecule has 9 heteroatoms. The van der Waals surface area contributed by atoms with Crippen molar-refractivity contribution in [2.75, 3.05) is 39.5 Å². The van der Waals surface area contributed by atoms with Crippen LogP contribution in [0.5, 0.6) is 0 Å².